The first-order valence-electron chi connectivity index (χ1n) is 7.90. The molecule has 0 unspecified atom stereocenters. The zero-order valence-corrected chi connectivity index (χ0v) is 15.5. The lowest BCUT2D eigenvalue weighted by atomic mass is 10.1. The number of rotatable bonds is 5. The molecule has 25 heavy (non-hydrogen) atoms. The number of ether oxygens (including phenoxy) is 1. The van der Waals surface area contributed by atoms with Crippen LogP contribution in [-0.4, -0.2) is 17.9 Å². The number of esters is 1. The Balaban J connectivity index is 1.67. The highest BCUT2D eigenvalue weighted by Crippen LogP contribution is 2.23. The molecule has 3 aromatic rings. The van der Waals surface area contributed by atoms with Crippen molar-refractivity contribution in [2.45, 2.75) is 26.4 Å². The molecule has 5 heteroatoms. The molecule has 0 radical (unpaired) electrons. The monoisotopic (exact) mass is 400 g/mol. The van der Waals surface area contributed by atoms with Crippen LogP contribution in [0.2, 0.25) is 0 Å². The number of aryl methyl sites for hydroxylation is 1. The van der Waals surface area contributed by atoms with Crippen LogP contribution in [0.4, 0.5) is 0 Å². The third-order valence-electron chi connectivity index (χ3n) is 3.95. The smallest absolute Gasteiger partial charge is 0.311 e. The lowest BCUT2D eigenvalue weighted by molar-refractivity contribution is -0.145. The first-order chi connectivity index (χ1) is 11.9. The molecule has 0 saturated heterocycles. The van der Waals surface area contributed by atoms with Crippen LogP contribution in [0.1, 0.15) is 28.4 Å². The van der Waals surface area contributed by atoms with Crippen molar-refractivity contribution in [1.82, 2.24) is 0 Å². The van der Waals surface area contributed by atoms with Crippen LogP contribution < -0.4 is 0 Å². The van der Waals surface area contributed by atoms with Gasteiger partial charge in [-0.2, -0.15) is 0 Å². The van der Waals surface area contributed by atoms with Crippen molar-refractivity contribution < 1.29 is 18.7 Å². The second kappa shape index (κ2) is 7.23. The predicted molar refractivity (Wildman–Crippen MR) is 98.7 cm³/mol. The van der Waals surface area contributed by atoms with E-state index in [2.05, 4.69) is 15.9 Å². The highest BCUT2D eigenvalue weighted by molar-refractivity contribution is 9.10. The maximum atomic E-state index is 12.3. The van der Waals surface area contributed by atoms with Gasteiger partial charge in [0.15, 0.2) is 6.10 Å². The minimum absolute atomic E-state index is 0.0635. The van der Waals surface area contributed by atoms with E-state index in [9.17, 15) is 9.59 Å². The number of carbonyl (C=O) groups is 2. The predicted octanol–water partition coefficient (Wildman–Crippen LogP) is 4.86. The molecule has 1 aromatic heterocycles. The van der Waals surface area contributed by atoms with E-state index in [1.165, 1.54) is 0 Å². The topological polar surface area (TPSA) is 56.5 Å². The first kappa shape index (κ1) is 17.4. The maximum absolute atomic E-state index is 12.3. The summed E-state index contributed by atoms with van der Waals surface area (Å²) < 4.78 is 11.7. The summed E-state index contributed by atoms with van der Waals surface area (Å²) >= 11 is 3.32. The van der Waals surface area contributed by atoms with Gasteiger partial charge in [-0.15, -0.1) is 0 Å². The molecule has 1 heterocycles. The molecule has 3 rings (SSSR count). The van der Waals surface area contributed by atoms with Gasteiger partial charge in [0.1, 0.15) is 5.58 Å². The lowest BCUT2D eigenvalue weighted by Crippen LogP contribution is -2.25. The van der Waals surface area contributed by atoms with Gasteiger partial charge in [0.05, 0.1) is 12.7 Å². The van der Waals surface area contributed by atoms with Crippen molar-refractivity contribution in [2.24, 2.45) is 0 Å². The van der Waals surface area contributed by atoms with Crippen molar-refractivity contribution in [1.29, 1.82) is 0 Å². The Hall–Kier alpha value is -2.40. The second-order valence-electron chi connectivity index (χ2n) is 5.94. The van der Waals surface area contributed by atoms with Crippen LogP contribution in [0.25, 0.3) is 11.0 Å². The molecule has 0 aliphatic heterocycles. The van der Waals surface area contributed by atoms with E-state index in [-0.39, 0.29) is 12.2 Å². The summed E-state index contributed by atoms with van der Waals surface area (Å²) in [5, 5.41) is 0.884. The fourth-order valence-electron chi connectivity index (χ4n) is 2.62. The average Bonchev–Trinajstić information content (AvgIpc) is 2.96. The number of Topliss-reactive ketones (excluding diaryl/α,β-unsaturated/α-hetero) is 1. The molecule has 4 nitrogen and oxygen atoms in total. The number of fused-ring (bicyclic) bond motifs is 1. The summed E-state index contributed by atoms with van der Waals surface area (Å²) in [5.74, 6) is -0.685. The number of benzene rings is 2. The van der Waals surface area contributed by atoms with E-state index in [0.29, 0.717) is 5.56 Å². The Morgan fingerprint density at radius 3 is 2.60 bits per heavy atom. The highest BCUT2D eigenvalue weighted by atomic mass is 79.9. The van der Waals surface area contributed by atoms with E-state index >= 15 is 0 Å². The fraction of sp³-hybridized carbons (Fsp3) is 0.200. The van der Waals surface area contributed by atoms with E-state index in [1.54, 1.807) is 37.5 Å². The van der Waals surface area contributed by atoms with Gasteiger partial charge >= 0.3 is 5.97 Å². The van der Waals surface area contributed by atoms with Crippen LogP contribution in [0.5, 0.6) is 0 Å². The molecule has 0 fully saturated rings. The third-order valence-corrected chi connectivity index (χ3v) is 4.48. The third kappa shape index (κ3) is 3.99. The van der Waals surface area contributed by atoms with Crippen LogP contribution >= 0.6 is 15.9 Å². The highest BCUT2D eigenvalue weighted by Gasteiger charge is 2.20. The first-order valence-corrected chi connectivity index (χ1v) is 8.69. The lowest BCUT2D eigenvalue weighted by Gasteiger charge is -2.12. The number of hydrogen-bond acceptors (Lipinski definition) is 4. The molecular weight excluding hydrogens is 384 g/mol. The summed E-state index contributed by atoms with van der Waals surface area (Å²) in [4.78, 5) is 24.5. The molecule has 0 bridgehead atoms. The van der Waals surface area contributed by atoms with Gasteiger partial charge < -0.3 is 9.15 Å². The maximum Gasteiger partial charge on any atom is 0.311 e. The van der Waals surface area contributed by atoms with E-state index in [1.807, 2.05) is 25.1 Å². The summed E-state index contributed by atoms with van der Waals surface area (Å²) in [5.41, 5.74) is 3.09. The molecule has 128 valence electrons. The average molecular weight is 401 g/mol. The molecule has 1 atom stereocenters. The van der Waals surface area contributed by atoms with Gasteiger partial charge in [-0.25, -0.2) is 0 Å². The van der Waals surface area contributed by atoms with Gasteiger partial charge in [0.25, 0.3) is 0 Å². The summed E-state index contributed by atoms with van der Waals surface area (Å²) in [6.45, 7) is 3.56. The number of hydrogen-bond donors (Lipinski definition) is 0. The van der Waals surface area contributed by atoms with Gasteiger partial charge in [-0.1, -0.05) is 40.2 Å². The Morgan fingerprint density at radius 1 is 1.16 bits per heavy atom. The Bertz CT molecular complexity index is 925. The SMILES string of the molecule is Cc1ccc2c(CC(=O)O[C@@H](C)C(=O)c3ccc(Br)cc3)coc2c1. The largest absolute Gasteiger partial charge is 0.464 e. The van der Waals surface area contributed by atoms with E-state index < -0.39 is 12.1 Å². The summed E-state index contributed by atoms with van der Waals surface area (Å²) in [6.07, 6.45) is 0.787. The van der Waals surface area contributed by atoms with Crippen molar-refractivity contribution in [3.05, 3.63) is 69.9 Å². The molecular formula is C20H17BrO4. The second-order valence-corrected chi connectivity index (χ2v) is 6.86. The molecule has 0 N–H and O–H groups in total. The molecule has 0 aliphatic rings. The minimum Gasteiger partial charge on any atom is -0.464 e. The van der Waals surface area contributed by atoms with Gasteiger partial charge in [-0.3, -0.25) is 9.59 Å². The van der Waals surface area contributed by atoms with Crippen molar-refractivity contribution in [3.63, 3.8) is 0 Å². The number of carbonyl (C=O) groups excluding carboxylic acids is 2. The van der Waals surface area contributed by atoms with Gasteiger partial charge in [0, 0.05) is 21.0 Å². The Labute approximate surface area is 153 Å². The van der Waals surface area contributed by atoms with Crippen molar-refractivity contribution in [2.75, 3.05) is 0 Å². The number of furan rings is 1. The standard InChI is InChI=1S/C20H17BrO4/c1-12-3-8-17-15(11-24-18(17)9-12)10-19(22)25-13(2)20(23)14-4-6-16(21)7-5-14/h3-9,11,13H,10H2,1-2H3/t13-/m0/s1. The van der Waals surface area contributed by atoms with Gasteiger partial charge in [-0.05, 0) is 37.6 Å². The van der Waals surface area contributed by atoms with Crippen LogP contribution in [0.15, 0.2) is 57.6 Å². The summed E-state index contributed by atoms with van der Waals surface area (Å²) in [6, 6.07) is 12.8. The molecule has 0 spiro atoms. The molecule has 0 saturated carbocycles. The molecule has 0 amide bonds. The zero-order chi connectivity index (χ0) is 18.0. The zero-order valence-electron chi connectivity index (χ0n) is 13.9. The normalized spacial score (nSPS) is 12.1. The van der Waals surface area contributed by atoms with Gasteiger partial charge in [0.2, 0.25) is 5.78 Å². The fourth-order valence-corrected chi connectivity index (χ4v) is 2.89. The van der Waals surface area contributed by atoms with Crippen molar-refractivity contribution >= 4 is 38.7 Å². The Morgan fingerprint density at radius 2 is 1.88 bits per heavy atom. The number of ketones is 1. The Kier molecular flexibility index (Phi) is 5.04. The van der Waals surface area contributed by atoms with Crippen LogP contribution in [0.3, 0.4) is 0 Å². The van der Waals surface area contributed by atoms with Crippen LogP contribution in [0, 0.1) is 6.92 Å². The van der Waals surface area contributed by atoms with Crippen molar-refractivity contribution in [3.8, 4) is 0 Å². The minimum atomic E-state index is -0.839. The number of halogens is 1. The summed E-state index contributed by atoms with van der Waals surface area (Å²) in [7, 11) is 0. The van der Waals surface area contributed by atoms with E-state index in [4.69, 9.17) is 9.15 Å². The molecule has 0 aliphatic carbocycles. The quantitative estimate of drug-likeness (QED) is 0.453. The van der Waals surface area contributed by atoms with Crippen LogP contribution in [-0.2, 0) is 16.0 Å². The molecule has 2 aromatic carbocycles. The van der Waals surface area contributed by atoms with E-state index in [0.717, 1.165) is 26.6 Å².